The SMILES string of the molecule is CCc1c(C(=O)NCCN(C)C)cnn1-c1ccc(Cl)cc1. The van der Waals surface area contributed by atoms with Gasteiger partial charge in [-0.25, -0.2) is 4.68 Å². The molecule has 0 atom stereocenters. The predicted octanol–water partition coefficient (Wildman–Crippen LogP) is 2.38. The van der Waals surface area contributed by atoms with Crippen molar-refractivity contribution < 1.29 is 4.79 Å². The number of rotatable bonds is 6. The van der Waals surface area contributed by atoms with E-state index in [2.05, 4.69) is 10.4 Å². The number of amides is 1. The molecule has 2 rings (SSSR count). The lowest BCUT2D eigenvalue weighted by Crippen LogP contribution is -2.31. The third-order valence-corrected chi connectivity index (χ3v) is 3.62. The molecule has 1 aromatic heterocycles. The maximum atomic E-state index is 12.3. The molecule has 22 heavy (non-hydrogen) atoms. The lowest BCUT2D eigenvalue weighted by Gasteiger charge is -2.11. The molecule has 2 aromatic rings. The van der Waals surface area contributed by atoms with Crippen molar-refractivity contribution in [2.45, 2.75) is 13.3 Å². The van der Waals surface area contributed by atoms with E-state index in [9.17, 15) is 4.79 Å². The summed E-state index contributed by atoms with van der Waals surface area (Å²) in [6.45, 7) is 3.43. The van der Waals surface area contributed by atoms with Gasteiger partial charge >= 0.3 is 0 Å². The topological polar surface area (TPSA) is 50.2 Å². The molecule has 0 aliphatic rings. The fraction of sp³-hybridized carbons (Fsp3) is 0.375. The zero-order chi connectivity index (χ0) is 16.1. The molecule has 5 nitrogen and oxygen atoms in total. The van der Waals surface area contributed by atoms with Crippen LogP contribution in [0.4, 0.5) is 0 Å². The molecule has 118 valence electrons. The Labute approximate surface area is 135 Å². The highest BCUT2D eigenvalue weighted by molar-refractivity contribution is 6.30. The monoisotopic (exact) mass is 320 g/mol. The molecule has 0 aliphatic heterocycles. The van der Waals surface area contributed by atoms with E-state index in [4.69, 9.17) is 11.6 Å². The molecule has 0 saturated carbocycles. The van der Waals surface area contributed by atoms with Crippen LogP contribution in [-0.2, 0) is 6.42 Å². The summed E-state index contributed by atoms with van der Waals surface area (Å²) in [5.41, 5.74) is 2.41. The molecule has 0 saturated heterocycles. The first-order valence-corrected chi connectivity index (χ1v) is 7.66. The third kappa shape index (κ3) is 3.87. The minimum absolute atomic E-state index is 0.0843. The van der Waals surface area contributed by atoms with Gasteiger partial charge in [-0.3, -0.25) is 4.79 Å². The van der Waals surface area contributed by atoms with Crippen molar-refractivity contribution in [2.24, 2.45) is 0 Å². The van der Waals surface area contributed by atoms with Gasteiger partial charge in [-0.1, -0.05) is 18.5 Å². The largest absolute Gasteiger partial charge is 0.351 e. The Morgan fingerprint density at radius 1 is 1.32 bits per heavy atom. The summed E-state index contributed by atoms with van der Waals surface area (Å²) in [5.74, 6) is -0.0843. The molecule has 1 aromatic carbocycles. The summed E-state index contributed by atoms with van der Waals surface area (Å²) >= 11 is 5.91. The van der Waals surface area contributed by atoms with Crippen LogP contribution in [0.2, 0.25) is 5.02 Å². The number of nitrogens with one attached hydrogen (secondary N) is 1. The minimum atomic E-state index is -0.0843. The fourth-order valence-electron chi connectivity index (χ4n) is 2.20. The number of halogens is 1. The van der Waals surface area contributed by atoms with E-state index < -0.39 is 0 Å². The number of aromatic nitrogens is 2. The first-order chi connectivity index (χ1) is 10.5. The van der Waals surface area contributed by atoms with Gasteiger partial charge in [0.25, 0.3) is 5.91 Å². The maximum Gasteiger partial charge on any atom is 0.254 e. The van der Waals surface area contributed by atoms with E-state index >= 15 is 0 Å². The smallest absolute Gasteiger partial charge is 0.254 e. The first-order valence-electron chi connectivity index (χ1n) is 7.28. The number of benzene rings is 1. The van der Waals surface area contributed by atoms with Crippen molar-refractivity contribution in [3.05, 3.63) is 46.7 Å². The molecule has 1 heterocycles. The summed E-state index contributed by atoms with van der Waals surface area (Å²) in [4.78, 5) is 14.3. The number of nitrogens with zero attached hydrogens (tertiary/aromatic N) is 3. The van der Waals surface area contributed by atoms with Crippen molar-refractivity contribution in [1.82, 2.24) is 20.0 Å². The number of carbonyl (C=O) groups is 1. The van der Waals surface area contributed by atoms with Crippen LogP contribution in [0.25, 0.3) is 5.69 Å². The summed E-state index contributed by atoms with van der Waals surface area (Å²) in [7, 11) is 3.95. The van der Waals surface area contributed by atoms with Crippen LogP contribution in [0.3, 0.4) is 0 Å². The van der Waals surface area contributed by atoms with Crippen LogP contribution in [0.5, 0.6) is 0 Å². The van der Waals surface area contributed by atoms with Crippen molar-refractivity contribution in [1.29, 1.82) is 0 Å². The molecule has 0 spiro atoms. The molecular weight excluding hydrogens is 300 g/mol. The second kappa shape index (κ2) is 7.42. The fourth-order valence-corrected chi connectivity index (χ4v) is 2.32. The standard InChI is InChI=1S/C16H21ClN4O/c1-4-15-14(16(22)18-9-10-20(2)3)11-19-21(15)13-7-5-12(17)6-8-13/h5-8,11H,4,9-10H2,1-3H3,(H,18,22). The minimum Gasteiger partial charge on any atom is -0.351 e. The van der Waals surface area contributed by atoms with Crippen LogP contribution < -0.4 is 5.32 Å². The van der Waals surface area contributed by atoms with E-state index in [1.54, 1.807) is 10.9 Å². The number of likely N-dealkylation sites (N-methyl/N-ethyl adjacent to an activating group) is 1. The highest BCUT2D eigenvalue weighted by Gasteiger charge is 2.16. The van der Waals surface area contributed by atoms with Gasteiger partial charge in [0.15, 0.2) is 0 Å². The Bertz CT molecular complexity index is 634. The van der Waals surface area contributed by atoms with Gasteiger partial charge < -0.3 is 10.2 Å². The molecular formula is C16H21ClN4O. The second-order valence-electron chi connectivity index (χ2n) is 5.31. The lowest BCUT2D eigenvalue weighted by atomic mass is 10.2. The Morgan fingerprint density at radius 3 is 2.59 bits per heavy atom. The first kappa shape index (κ1) is 16.5. The highest BCUT2D eigenvalue weighted by Crippen LogP contribution is 2.18. The second-order valence-corrected chi connectivity index (χ2v) is 5.74. The van der Waals surface area contributed by atoms with Crippen LogP contribution in [0.1, 0.15) is 23.0 Å². The van der Waals surface area contributed by atoms with Crippen LogP contribution in [0, 0.1) is 0 Å². The molecule has 0 aliphatic carbocycles. The number of hydrogen-bond acceptors (Lipinski definition) is 3. The molecule has 0 unspecified atom stereocenters. The zero-order valence-electron chi connectivity index (χ0n) is 13.1. The van der Waals surface area contributed by atoms with Gasteiger partial charge in [-0.15, -0.1) is 0 Å². The van der Waals surface area contributed by atoms with Crippen molar-refractivity contribution in [3.8, 4) is 5.69 Å². The average Bonchev–Trinajstić information content (AvgIpc) is 2.91. The Hall–Kier alpha value is -1.85. The molecule has 6 heteroatoms. The van der Waals surface area contributed by atoms with Crippen molar-refractivity contribution in [2.75, 3.05) is 27.2 Å². The van der Waals surface area contributed by atoms with E-state index in [1.807, 2.05) is 50.2 Å². The molecule has 0 fully saturated rings. The van der Waals surface area contributed by atoms with Gasteiger partial charge in [-0.05, 0) is 44.8 Å². The maximum absolute atomic E-state index is 12.3. The lowest BCUT2D eigenvalue weighted by molar-refractivity contribution is 0.0950. The number of carbonyl (C=O) groups excluding carboxylic acids is 1. The highest BCUT2D eigenvalue weighted by atomic mass is 35.5. The normalized spacial score (nSPS) is 11.0. The Kier molecular flexibility index (Phi) is 5.57. The summed E-state index contributed by atoms with van der Waals surface area (Å²) in [5, 5.41) is 7.95. The summed E-state index contributed by atoms with van der Waals surface area (Å²) in [6, 6.07) is 7.41. The van der Waals surface area contributed by atoms with E-state index in [-0.39, 0.29) is 5.91 Å². The number of hydrogen-bond donors (Lipinski definition) is 1. The summed E-state index contributed by atoms with van der Waals surface area (Å²) < 4.78 is 1.79. The molecule has 0 bridgehead atoms. The predicted molar refractivity (Wildman–Crippen MR) is 88.8 cm³/mol. The average molecular weight is 321 g/mol. The Balaban J connectivity index is 2.20. The zero-order valence-corrected chi connectivity index (χ0v) is 13.9. The molecule has 1 amide bonds. The van der Waals surface area contributed by atoms with E-state index in [1.165, 1.54) is 0 Å². The van der Waals surface area contributed by atoms with Crippen molar-refractivity contribution in [3.63, 3.8) is 0 Å². The van der Waals surface area contributed by atoms with E-state index in [0.29, 0.717) is 17.1 Å². The molecule has 1 N–H and O–H groups in total. The quantitative estimate of drug-likeness (QED) is 0.889. The van der Waals surface area contributed by atoms with Crippen LogP contribution in [-0.4, -0.2) is 47.8 Å². The van der Waals surface area contributed by atoms with Gasteiger partial charge in [0.2, 0.25) is 0 Å². The van der Waals surface area contributed by atoms with Gasteiger partial charge in [0.1, 0.15) is 0 Å². The van der Waals surface area contributed by atoms with Crippen LogP contribution in [0.15, 0.2) is 30.5 Å². The Morgan fingerprint density at radius 2 is 2.00 bits per heavy atom. The summed E-state index contributed by atoms with van der Waals surface area (Å²) in [6.07, 6.45) is 2.34. The van der Waals surface area contributed by atoms with Crippen LogP contribution >= 0.6 is 11.6 Å². The van der Waals surface area contributed by atoms with Gasteiger partial charge in [0.05, 0.1) is 23.1 Å². The van der Waals surface area contributed by atoms with Gasteiger partial charge in [-0.2, -0.15) is 5.10 Å². The molecule has 0 radical (unpaired) electrons. The van der Waals surface area contributed by atoms with Gasteiger partial charge in [0, 0.05) is 18.1 Å². The van der Waals surface area contributed by atoms with Crippen molar-refractivity contribution >= 4 is 17.5 Å². The van der Waals surface area contributed by atoms with E-state index in [0.717, 1.165) is 24.3 Å². The third-order valence-electron chi connectivity index (χ3n) is 3.36.